The number of nitrogens with zero attached hydrogens (tertiary/aromatic N) is 1. The summed E-state index contributed by atoms with van der Waals surface area (Å²) in [5, 5.41) is 3.30. The lowest BCUT2D eigenvalue weighted by molar-refractivity contribution is 0.412. The fourth-order valence-corrected chi connectivity index (χ4v) is 2.92. The first-order valence-electron chi connectivity index (χ1n) is 5.77. The van der Waals surface area contributed by atoms with Crippen molar-refractivity contribution in [2.45, 2.75) is 6.04 Å². The Morgan fingerprint density at radius 2 is 1.95 bits per heavy atom. The van der Waals surface area contributed by atoms with Crippen LogP contribution < -0.4 is 10.1 Å². The summed E-state index contributed by atoms with van der Waals surface area (Å²) >= 11 is 6.96. The minimum Gasteiger partial charge on any atom is -0.496 e. The minimum absolute atomic E-state index is 0.0900. The van der Waals surface area contributed by atoms with Crippen molar-refractivity contribution in [2.24, 2.45) is 0 Å². The third kappa shape index (κ3) is 3.35. The number of aromatic nitrogens is 1. The number of rotatable bonds is 4. The van der Waals surface area contributed by atoms with Crippen LogP contribution in [0.5, 0.6) is 5.75 Å². The van der Waals surface area contributed by atoms with E-state index in [1.807, 2.05) is 25.4 Å². The van der Waals surface area contributed by atoms with E-state index in [0.717, 1.165) is 25.8 Å². The van der Waals surface area contributed by atoms with Gasteiger partial charge in [0.1, 0.15) is 5.75 Å². The first-order chi connectivity index (χ1) is 9.15. The summed E-state index contributed by atoms with van der Waals surface area (Å²) in [5.41, 5.74) is 2.25. The van der Waals surface area contributed by atoms with Gasteiger partial charge in [0.2, 0.25) is 0 Å². The van der Waals surface area contributed by atoms with Crippen molar-refractivity contribution in [3.63, 3.8) is 0 Å². The van der Waals surface area contributed by atoms with Crippen LogP contribution in [0.3, 0.4) is 0 Å². The summed E-state index contributed by atoms with van der Waals surface area (Å²) < 4.78 is 7.16. The quantitative estimate of drug-likeness (QED) is 0.865. The molecule has 5 heteroatoms. The van der Waals surface area contributed by atoms with Gasteiger partial charge in [-0.2, -0.15) is 0 Å². The molecule has 1 aromatic carbocycles. The average Bonchev–Trinajstić information content (AvgIpc) is 2.40. The number of nitrogens with one attached hydrogen (secondary N) is 1. The zero-order valence-corrected chi connectivity index (χ0v) is 13.8. The van der Waals surface area contributed by atoms with E-state index in [4.69, 9.17) is 4.74 Å². The largest absolute Gasteiger partial charge is 0.496 e. The van der Waals surface area contributed by atoms with E-state index in [-0.39, 0.29) is 6.04 Å². The lowest BCUT2D eigenvalue weighted by Crippen LogP contribution is -2.17. The molecule has 3 nitrogen and oxygen atoms in total. The van der Waals surface area contributed by atoms with Crippen LogP contribution in [0.15, 0.2) is 45.6 Å². The third-order valence-corrected chi connectivity index (χ3v) is 3.91. The monoisotopic (exact) mass is 384 g/mol. The lowest BCUT2D eigenvalue weighted by Gasteiger charge is -2.18. The summed E-state index contributed by atoms with van der Waals surface area (Å²) in [5.74, 6) is 0.825. The first-order valence-corrected chi connectivity index (χ1v) is 7.35. The Morgan fingerprint density at radius 1 is 1.16 bits per heavy atom. The van der Waals surface area contributed by atoms with Crippen molar-refractivity contribution in [3.05, 3.63) is 56.7 Å². The van der Waals surface area contributed by atoms with Crippen molar-refractivity contribution in [1.82, 2.24) is 10.3 Å². The van der Waals surface area contributed by atoms with Gasteiger partial charge in [0.25, 0.3) is 0 Å². The molecule has 1 N–H and O–H groups in total. The van der Waals surface area contributed by atoms with E-state index in [1.165, 1.54) is 0 Å². The number of pyridine rings is 1. The topological polar surface area (TPSA) is 34.2 Å². The van der Waals surface area contributed by atoms with Crippen LogP contribution in [0, 0.1) is 0 Å². The highest BCUT2D eigenvalue weighted by Gasteiger charge is 2.14. The Balaban J connectivity index is 2.39. The van der Waals surface area contributed by atoms with Gasteiger partial charge in [-0.15, -0.1) is 0 Å². The zero-order valence-electron chi connectivity index (χ0n) is 10.7. The van der Waals surface area contributed by atoms with Crippen molar-refractivity contribution in [2.75, 3.05) is 14.2 Å². The van der Waals surface area contributed by atoms with E-state index in [2.05, 4.69) is 54.3 Å². The second-order valence-electron chi connectivity index (χ2n) is 4.05. The highest BCUT2D eigenvalue weighted by molar-refractivity contribution is 9.10. The molecule has 0 radical (unpaired) electrons. The van der Waals surface area contributed by atoms with Gasteiger partial charge in [-0.3, -0.25) is 4.98 Å². The lowest BCUT2D eigenvalue weighted by atomic mass is 10.0. The molecule has 1 unspecified atom stereocenters. The molecule has 2 rings (SSSR count). The molecule has 0 amide bonds. The van der Waals surface area contributed by atoms with Crippen molar-refractivity contribution in [3.8, 4) is 5.75 Å². The van der Waals surface area contributed by atoms with Crippen LogP contribution in [0.4, 0.5) is 0 Å². The number of methoxy groups -OCH3 is 1. The fraction of sp³-hybridized carbons (Fsp3) is 0.214. The molecule has 0 saturated carbocycles. The Hall–Kier alpha value is -0.910. The van der Waals surface area contributed by atoms with Crippen LogP contribution in [-0.4, -0.2) is 19.1 Å². The van der Waals surface area contributed by atoms with Gasteiger partial charge in [0.05, 0.1) is 17.6 Å². The highest BCUT2D eigenvalue weighted by Crippen LogP contribution is 2.30. The summed E-state index contributed by atoms with van der Waals surface area (Å²) in [6.07, 6.45) is 3.64. The molecule has 100 valence electrons. The molecular weight excluding hydrogens is 372 g/mol. The Morgan fingerprint density at radius 3 is 2.53 bits per heavy atom. The van der Waals surface area contributed by atoms with Crippen molar-refractivity contribution < 1.29 is 4.74 Å². The number of hydrogen-bond donors (Lipinski definition) is 1. The smallest absolute Gasteiger partial charge is 0.133 e. The molecular formula is C14H14Br2N2O. The van der Waals surface area contributed by atoms with E-state index in [1.54, 1.807) is 13.3 Å². The van der Waals surface area contributed by atoms with Gasteiger partial charge in [0.15, 0.2) is 0 Å². The first kappa shape index (κ1) is 14.5. The van der Waals surface area contributed by atoms with Crippen LogP contribution in [0.1, 0.15) is 17.2 Å². The fourth-order valence-electron chi connectivity index (χ4n) is 1.97. The van der Waals surface area contributed by atoms with Gasteiger partial charge in [-0.1, -0.05) is 6.07 Å². The Bertz CT molecular complexity index is 575. The predicted octanol–water partition coefficient (Wildman–Crippen LogP) is 3.92. The second kappa shape index (κ2) is 6.50. The van der Waals surface area contributed by atoms with Gasteiger partial charge >= 0.3 is 0 Å². The molecule has 0 aliphatic rings. The zero-order chi connectivity index (χ0) is 13.8. The highest BCUT2D eigenvalue weighted by atomic mass is 79.9. The van der Waals surface area contributed by atoms with E-state index in [9.17, 15) is 0 Å². The molecule has 1 aromatic heterocycles. The number of ether oxygens (including phenoxy) is 1. The van der Waals surface area contributed by atoms with Crippen LogP contribution in [0.2, 0.25) is 0 Å². The maximum Gasteiger partial charge on any atom is 0.133 e. The molecule has 0 bridgehead atoms. The molecule has 0 aliphatic carbocycles. The van der Waals surface area contributed by atoms with Gasteiger partial charge in [-0.05, 0) is 68.2 Å². The Kier molecular flexibility index (Phi) is 4.96. The molecule has 2 aromatic rings. The molecule has 0 fully saturated rings. The van der Waals surface area contributed by atoms with E-state index < -0.39 is 0 Å². The van der Waals surface area contributed by atoms with Crippen LogP contribution >= 0.6 is 31.9 Å². The SMILES string of the molecule is CNC(c1cncc(Br)c1)c1ccc(OC)c(Br)c1. The van der Waals surface area contributed by atoms with Crippen LogP contribution in [0.25, 0.3) is 0 Å². The normalized spacial score (nSPS) is 12.2. The summed E-state index contributed by atoms with van der Waals surface area (Å²) in [6, 6.07) is 8.21. The van der Waals surface area contributed by atoms with Crippen molar-refractivity contribution in [1.29, 1.82) is 0 Å². The average molecular weight is 386 g/mol. The molecule has 1 atom stereocenters. The minimum atomic E-state index is 0.0900. The molecule has 19 heavy (non-hydrogen) atoms. The molecule has 1 heterocycles. The molecule has 0 saturated heterocycles. The summed E-state index contributed by atoms with van der Waals surface area (Å²) in [4.78, 5) is 4.21. The van der Waals surface area contributed by atoms with Gasteiger partial charge in [0, 0.05) is 16.9 Å². The summed E-state index contributed by atoms with van der Waals surface area (Å²) in [7, 11) is 3.59. The van der Waals surface area contributed by atoms with Gasteiger partial charge in [-0.25, -0.2) is 0 Å². The summed E-state index contributed by atoms with van der Waals surface area (Å²) in [6.45, 7) is 0. The predicted molar refractivity (Wildman–Crippen MR) is 83.5 cm³/mol. The number of benzene rings is 1. The van der Waals surface area contributed by atoms with Crippen molar-refractivity contribution >= 4 is 31.9 Å². The maximum absolute atomic E-state index is 5.25. The molecule has 0 aliphatic heterocycles. The van der Waals surface area contributed by atoms with Crippen LogP contribution in [-0.2, 0) is 0 Å². The van der Waals surface area contributed by atoms with Gasteiger partial charge < -0.3 is 10.1 Å². The maximum atomic E-state index is 5.25. The van der Waals surface area contributed by atoms with E-state index in [0.29, 0.717) is 0 Å². The standard InChI is InChI=1S/C14H14Br2N2O/c1-17-14(10-5-11(15)8-18-7-10)9-3-4-13(19-2)12(16)6-9/h3-8,14,17H,1-2H3. The molecule has 0 spiro atoms. The second-order valence-corrected chi connectivity index (χ2v) is 5.82. The van der Waals surface area contributed by atoms with E-state index >= 15 is 0 Å². The third-order valence-electron chi connectivity index (χ3n) is 2.86. The number of halogens is 2. The Labute approximate surface area is 129 Å². The number of hydrogen-bond acceptors (Lipinski definition) is 3.